The lowest BCUT2D eigenvalue weighted by molar-refractivity contribution is 0.415. The summed E-state index contributed by atoms with van der Waals surface area (Å²) in [4.78, 5) is 4.48. The van der Waals surface area contributed by atoms with Crippen LogP contribution in [-0.2, 0) is 0 Å². The van der Waals surface area contributed by atoms with Gasteiger partial charge in [0.1, 0.15) is 11.5 Å². The number of hydrazone groups is 1. The zero-order valence-electron chi connectivity index (χ0n) is 11.7. The maximum Gasteiger partial charge on any atom is 0.203 e. The highest BCUT2D eigenvalue weighted by atomic mass is 79.9. The second-order valence-electron chi connectivity index (χ2n) is 4.15. The quantitative estimate of drug-likeness (QED) is 0.525. The van der Waals surface area contributed by atoms with Gasteiger partial charge in [-0.2, -0.15) is 5.10 Å². The van der Waals surface area contributed by atoms with Crippen molar-refractivity contribution >= 4 is 39.7 Å². The minimum absolute atomic E-state index is 0. The lowest BCUT2D eigenvalue weighted by Crippen LogP contribution is -1.89. The molecule has 0 amide bonds. The van der Waals surface area contributed by atoms with E-state index >= 15 is 0 Å². The van der Waals surface area contributed by atoms with Gasteiger partial charge in [0.2, 0.25) is 5.13 Å². The first kappa shape index (κ1) is 16.3. The van der Waals surface area contributed by atoms with Crippen LogP contribution in [-0.4, -0.2) is 18.3 Å². The van der Waals surface area contributed by atoms with E-state index in [-0.39, 0.29) is 17.0 Å². The molecular weight excluding hydrogens is 366 g/mol. The number of aromatic nitrogens is 1. The summed E-state index contributed by atoms with van der Waals surface area (Å²) in [5, 5.41) is 6.78. The lowest BCUT2D eigenvalue weighted by atomic mass is 10.2. The summed E-state index contributed by atoms with van der Waals surface area (Å²) in [6.07, 6.45) is 3.21. The highest BCUT2D eigenvalue weighted by Crippen LogP contribution is 2.26. The summed E-state index contributed by atoms with van der Waals surface area (Å²) < 4.78 is 10.3. The number of halogens is 1. The number of anilines is 1. The topological polar surface area (TPSA) is 59.6 Å². The maximum atomic E-state index is 5.15. The Labute approximate surface area is 142 Å². The van der Waals surface area contributed by atoms with Crippen molar-refractivity contribution in [3.05, 3.63) is 53.8 Å². The van der Waals surface area contributed by atoms with Gasteiger partial charge in [0.15, 0.2) is 0 Å². The molecule has 114 valence electrons. The van der Waals surface area contributed by atoms with Crippen molar-refractivity contribution in [3.63, 3.8) is 0 Å². The number of thiazole rings is 1. The fraction of sp³-hybridized carbons (Fsp3) is 0.0667. The number of hydrogen-bond acceptors (Lipinski definition) is 6. The number of nitrogens with one attached hydrogen (secondary N) is 1. The average Bonchev–Trinajstić information content (AvgIpc) is 3.19. The second-order valence-corrected chi connectivity index (χ2v) is 5.01. The minimum Gasteiger partial charge on any atom is -0.497 e. The largest absolute Gasteiger partial charge is 0.497 e. The van der Waals surface area contributed by atoms with Gasteiger partial charge in [-0.05, 0) is 36.4 Å². The molecule has 0 aliphatic carbocycles. The molecule has 0 unspecified atom stereocenters. The molecule has 0 aliphatic rings. The number of hydrogen-bond donors (Lipinski definition) is 1. The Morgan fingerprint density at radius 2 is 2.09 bits per heavy atom. The molecule has 0 spiro atoms. The standard InChI is InChI=1S/C15H13N3O2S.BrH/c1-19-12-6-4-11(5-7-12)14-10-21-15(17-14)18-16-9-13-3-2-8-20-13;/h2-10H,1H3,(H,17,18);1H/b16-9+;. The molecule has 0 fully saturated rings. The third kappa shape index (κ3) is 3.96. The number of methoxy groups -OCH3 is 1. The smallest absolute Gasteiger partial charge is 0.203 e. The predicted octanol–water partition coefficient (Wildman–Crippen LogP) is 4.44. The Morgan fingerprint density at radius 3 is 2.77 bits per heavy atom. The molecule has 2 aromatic heterocycles. The van der Waals surface area contributed by atoms with Crippen LogP contribution >= 0.6 is 28.3 Å². The van der Waals surface area contributed by atoms with E-state index in [0.717, 1.165) is 22.1 Å². The van der Waals surface area contributed by atoms with E-state index in [1.54, 1.807) is 19.6 Å². The minimum atomic E-state index is 0. The molecule has 0 bridgehead atoms. The van der Waals surface area contributed by atoms with Crippen LogP contribution in [0.15, 0.2) is 57.6 Å². The Balaban J connectivity index is 0.00000176. The van der Waals surface area contributed by atoms with Crippen molar-refractivity contribution in [2.45, 2.75) is 0 Å². The van der Waals surface area contributed by atoms with Crippen molar-refractivity contribution in [1.29, 1.82) is 0 Å². The van der Waals surface area contributed by atoms with Gasteiger partial charge in [-0.15, -0.1) is 28.3 Å². The van der Waals surface area contributed by atoms with E-state index in [0.29, 0.717) is 5.76 Å². The number of ether oxygens (including phenoxy) is 1. The summed E-state index contributed by atoms with van der Waals surface area (Å²) in [6.45, 7) is 0. The normalized spacial score (nSPS) is 10.4. The number of benzene rings is 1. The molecule has 0 saturated carbocycles. The van der Waals surface area contributed by atoms with Crippen molar-refractivity contribution in [3.8, 4) is 17.0 Å². The molecule has 3 aromatic rings. The third-order valence-corrected chi connectivity index (χ3v) is 3.53. The maximum absolute atomic E-state index is 5.15. The van der Waals surface area contributed by atoms with E-state index in [2.05, 4.69) is 15.5 Å². The van der Waals surface area contributed by atoms with E-state index in [4.69, 9.17) is 9.15 Å². The molecule has 0 aliphatic heterocycles. The van der Waals surface area contributed by atoms with Crippen LogP contribution in [0.2, 0.25) is 0 Å². The fourth-order valence-corrected chi connectivity index (χ4v) is 2.40. The molecule has 7 heteroatoms. The molecule has 2 heterocycles. The number of furan rings is 1. The summed E-state index contributed by atoms with van der Waals surface area (Å²) >= 11 is 1.49. The fourth-order valence-electron chi connectivity index (χ4n) is 1.74. The Bertz CT molecular complexity index is 724. The van der Waals surface area contributed by atoms with E-state index < -0.39 is 0 Å². The van der Waals surface area contributed by atoms with Gasteiger partial charge in [0.25, 0.3) is 0 Å². The summed E-state index contributed by atoms with van der Waals surface area (Å²) in [6, 6.07) is 11.4. The van der Waals surface area contributed by atoms with Gasteiger partial charge in [-0.25, -0.2) is 4.98 Å². The first-order valence-electron chi connectivity index (χ1n) is 6.28. The van der Waals surface area contributed by atoms with Crippen molar-refractivity contribution in [1.82, 2.24) is 4.98 Å². The lowest BCUT2D eigenvalue weighted by Gasteiger charge is -2.00. The first-order valence-corrected chi connectivity index (χ1v) is 7.15. The summed E-state index contributed by atoms with van der Waals surface area (Å²) in [5.74, 6) is 1.52. The zero-order valence-corrected chi connectivity index (χ0v) is 14.3. The molecule has 0 saturated heterocycles. The molecule has 0 atom stereocenters. The van der Waals surface area contributed by atoms with Crippen LogP contribution in [0.4, 0.5) is 5.13 Å². The summed E-state index contributed by atoms with van der Waals surface area (Å²) in [5.41, 5.74) is 4.83. The Morgan fingerprint density at radius 1 is 1.27 bits per heavy atom. The number of rotatable bonds is 5. The Kier molecular flexibility index (Phi) is 5.74. The highest BCUT2D eigenvalue weighted by Gasteiger charge is 2.04. The van der Waals surface area contributed by atoms with E-state index in [1.165, 1.54) is 11.3 Å². The first-order chi connectivity index (χ1) is 10.3. The SMILES string of the molecule is Br.COc1ccc(-c2csc(N/N=C/c3ccco3)n2)cc1. The molecule has 22 heavy (non-hydrogen) atoms. The van der Waals surface area contributed by atoms with Gasteiger partial charge in [-0.1, -0.05) is 0 Å². The summed E-state index contributed by atoms with van der Waals surface area (Å²) in [7, 11) is 1.65. The Hall–Kier alpha value is -2.12. The van der Waals surface area contributed by atoms with Gasteiger partial charge in [0, 0.05) is 10.9 Å². The monoisotopic (exact) mass is 379 g/mol. The highest BCUT2D eigenvalue weighted by molar-refractivity contribution is 8.93. The zero-order chi connectivity index (χ0) is 14.5. The predicted molar refractivity (Wildman–Crippen MR) is 94.3 cm³/mol. The van der Waals surface area contributed by atoms with E-state index in [9.17, 15) is 0 Å². The van der Waals surface area contributed by atoms with Crippen LogP contribution in [0.1, 0.15) is 5.76 Å². The van der Waals surface area contributed by atoms with Gasteiger partial charge < -0.3 is 9.15 Å². The molecule has 5 nitrogen and oxygen atoms in total. The third-order valence-electron chi connectivity index (χ3n) is 2.79. The molecule has 3 rings (SSSR count). The van der Waals surface area contributed by atoms with Gasteiger partial charge in [-0.3, -0.25) is 5.43 Å². The van der Waals surface area contributed by atoms with Crippen LogP contribution in [0, 0.1) is 0 Å². The van der Waals surface area contributed by atoms with Gasteiger partial charge in [0.05, 0.1) is 25.3 Å². The molecule has 1 aromatic carbocycles. The van der Waals surface area contributed by atoms with Crippen molar-refractivity contribution in [2.24, 2.45) is 5.10 Å². The molecular formula is C15H14BrN3O2S. The van der Waals surface area contributed by atoms with Crippen molar-refractivity contribution < 1.29 is 9.15 Å². The molecule has 0 radical (unpaired) electrons. The van der Waals surface area contributed by atoms with Crippen LogP contribution in [0.3, 0.4) is 0 Å². The van der Waals surface area contributed by atoms with Crippen LogP contribution in [0.5, 0.6) is 5.75 Å². The second kappa shape index (κ2) is 7.77. The number of nitrogens with zero attached hydrogens (tertiary/aromatic N) is 2. The van der Waals surface area contributed by atoms with Gasteiger partial charge >= 0.3 is 0 Å². The van der Waals surface area contributed by atoms with Crippen LogP contribution < -0.4 is 10.2 Å². The molecule has 1 N–H and O–H groups in total. The van der Waals surface area contributed by atoms with E-state index in [1.807, 2.05) is 41.8 Å². The van der Waals surface area contributed by atoms with Crippen LogP contribution in [0.25, 0.3) is 11.3 Å². The average molecular weight is 380 g/mol. The van der Waals surface area contributed by atoms with Crippen molar-refractivity contribution in [2.75, 3.05) is 12.5 Å².